The molecular formula is C22H15ClFNO2S. The van der Waals surface area contributed by atoms with Crippen LogP contribution in [0, 0.1) is 5.82 Å². The zero-order valence-electron chi connectivity index (χ0n) is 14.6. The van der Waals surface area contributed by atoms with E-state index >= 15 is 0 Å². The van der Waals surface area contributed by atoms with Gasteiger partial charge in [0.1, 0.15) is 22.2 Å². The van der Waals surface area contributed by atoms with E-state index in [1.807, 2.05) is 54.6 Å². The van der Waals surface area contributed by atoms with Gasteiger partial charge in [0, 0.05) is 16.6 Å². The third-order valence-corrected chi connectivity index (χ3v) is 5.81. The molecule has 6 heteroatoms. The minimum absolute atomic E-state index is 0.281. The summed E-state index contributed by atoms with van der Waals surface area (Å²) in [5, 5.41) is 3.89. The first kappa shape index (κ1) is 18.5. The van der Waals surface area contributed by atoms with Crippen LogP contribution in [0.5, 0.6) is 11.5 Å². The average molecular weight is 412 g/mol. The highest BCUT2D eigenvalue weighted by atomic mass is 35.5. The number of benzene rings is 3. The molecule has 0 fully saturated rings. The van der Waals surface area contributed by atoms with E-state index in [9.17, 15) is 9.18 Å². The van der Waals surface area contributed by atoms with Crippen LogP contribution in [0.1, 0.15) is 15.2 Å². The maximum Gasteiger partial charge on any atom is 0.263 e. The van der Waals surface area contributed by atoms with Gasteiger partial charge in [-0.15, -0.1) is 11.3 Å². The number of fused-ring (bicyclic) bond motifs is 1. The molecule has 1 amide bonds. The highest BCUT2D eigenvalue weighted by Gasteiger charge is 2.17. The number of carbonyl (C=O) groups excluding carboxylic acids is 1. The molecule has 1 aromatic heterocycles. The third-order valence-electron chi connectivity index (χ3n) is 4.15. The predicted molar refractivity (Wildman–Crippen MR) is 111 cm³/mol. The summed E-state index contributed by atoms with van der Waals surface area (Å²) >= 11 is 7.48. The van der Waals surface area contributed by atoms with E-state index in [-0.39, 0.29) is 11.7 Å². The van der Waals surface area contributed by atoms with Crippen LogP contribution in [0.25, 0.3) is 10.1 Å². The van der Waals surface area contributed by atoms with Gasteiger partial charge in [-0.2, -0.15) is 0 Å². The van der Waals surface area contributed by atoms with Crippen molar-refractivity contribution in [3.8, 4) is 11.5 Å². The van der Waals surface area contributed by atoms with Crippen molar-refractivity contribution in [2.24, 2.45) is 0 Å². The molecule has 0 bridgehead atoms. The number of para-hydroxylation sites is 1. The van der Waals surface area contributed by atoms with Gasteiger partial charge in [-0.05, 0) is 48.0 Å². The number of amides is 1. The Kier molecular flexibility index (Phi) is 5.28. The summed E-state index contributed by atoms with van der Waals surface area (Å²) in [4.78, 5) is 12.9. The maximum atomic E-state index is 13.4. The summed E-state index contributed by atoms with van der Waals surface area (Å²) < 4.78 is 19.8. The van der Waals surface area contributed by atoms with Gasteiger partial charge in [0.15, 0.2) is 0 Å². The van der Waals surface area contributed by atoms with Crippen molar-refractivity contribution in [2.75, 3.05) is 0 Å². The second-order valence-corrected chi connectivity index (χ2v) is 7.56. The second-order valence-electron chi connectivity index (χ2n) is 6.13. The number of ether oxygens (including phenoxy) is 1. The number of hydrogen-bond acceptors (Lipinski definition) is 3. The van der Waals surface area contributed by atoms with E-state index in [1.54, 1.807) is 6.07 Å². The third kappa shape index (κ3) is 4.01. The van der Waals surface area contributed by atoms with E-state index in [0.29, 0.717) is 26.5 Å². The minimum atomic E-state index is -0.352. The first-order valence-corrected chi connectivity index (χ1v) is 9.77. The maximum absolute atomic E-state index is 13.4. The molecule has 0 unspecified atom stereocenters. The molecule has 3 nitrogen and oxygen atoms in total. The molecule has 4 rings (SSSR count). The quantitative estimate of drug-likeness (QED) is 0.411. The molecule has 0 spiro atoms. The van der Waals surface area contributed by atoms with Crippen LogP contribution in [-0.4, -0.2) is 5.91 Å². The van der Waals surface area contributed by atoms with Gasteiger partial charge >= 0.3 is 0 Å². The highest BCUT2D eigenvalue weighted by Crippen LogP contribution is 2.35. The molecule has 4 aromatic rings. The lowest BCUT2D eigenvalue weighted by molar-refractivity contribution is 0.0955. The smallest absolute Gasteiger partial charge is 0.263 e. The van der Waals surface area contributed by atoms with Crippen LogP contribution in [0.2, 0.25) is 5.02 Å². The molecule has 1 N–H and O–H groups in total. The number of nitrogens with one attached hydrogen (secondary N) is 1. The lowest BCUT2D eigenvalue weighted by Gasteiger charge is -2.07. The Morgan fingerprint density at radius 2 is 1.71 bits per heavy atom. The lowest BCUT2D eigenvalue weighted by atomic mass is 10.2. The van der Waals surface area contributed by atoms with E-state index in [2.05, 4.69) is 5.32 Å². The van der Waals surface area contributed by atoms with Crippen molar-refractivity contribution in [3.05, 3.63) is 94.1 Å². The first-order chi connectivity index (χ1) is 13.6. The predicted octanol–water partition coefficient (Wildman–Crippen LogP) is 6.42. The van der Waals surface area contributed by atoms with Crippen LogP contribution in [0.4, 0.5) is 4.39 Å². The molecule has 0 aliphatic heterocycles. The summed E-state index contributed by atoms with van der Waals surface area (Å²) in [7, 11) is 0. The van der Waals surface area contributed by atoms with Crippen molar-refractivity contribution in [3.63, 3.8) is 0 Å². The molecular weight excluding hydrogens is 397 g/mol. The Morgan fingerprint density at radius 3 is 2.46 bits per heavy atom. The van der Waals surface area contributed by atoms with Crippen LogP contribution in [0.15, 0.2) is 72.8 Å². The van der Waals surface area contributed by atoms with Crippen molar-refractivity contribution in [2.45, 2.75) is 6.54 Å². The minimum Gasteiger partial charge on any atom is -0.457 e. The fourth-order valence-electron chi connectivity index (χ4n) is 2.75. The molecule has 3 aromatic carbocycles. The van der Waals surface area contributed by atoms with E-state index < -0.39 is 0 Å². The number of halogens is 2. The molecule has 140 valence electrons. The molecule has 0 aliphatic carbocycles. The lowest BCUT2D eigenvalue weighted by Crippen LogP contribution is -2.22. The topological polar surface area (TPSA) is 38.3 Å². The van der Waals surface area contributed by atoms with E-state index in [1.165, 1.54) is 23.5 Å². The molecule has 0 aliphatic rings. The summed E-state index contributed by atoms with van der Waals surface area (Å²) in [6.07, 6.45) is 0. The summed E-state index contributed by atoms with van der Waals surface area (Å²) in [6.45, 7) is 0.351. The zero-order chi connectivity index (χ0) is 19.5. The van der Waals surface area contributed by atoms with Crippen LogP contribution >= 0.6 is 22.9 Å². The Labute approximate surface area is 170 Å². The van der Waals surface area contributed by atoms with Gasteiger partial charge in [-0.1, -0.05) is 41.9 Å². The number of hydrogen-bond donors (Lipinski definition) is 1. The standard InChI is InChI=1S/C22H15ClFNO2S/c23-20-18-11-8-15(24)12-19(18)28-21(20)22(26)25-13-14-6-9-17(10-7-14)27-16-4-2-1-3-5-16/h1-12H,13H2,(H,25,26). The molecule has 0 saturated carbocycles. The largest absolute Gasteiger partial charge is 0.457 e. The van der Waals surface area contributed by atoms with Crippen molar-refractivity contribution < 1.29 is 13.9 Å². The monoisotopic (exact) mass is 411 g/mol. The fraction of sp³-hybridized carbons (Fsp3) is 0.0455. The summed E-state index contributed by atoms with van der Waals surface area (Å²) in [5.41, 5.74) is 0.928. The van der Waals surface area contributed by atoms with Crippen LogP contribution in [0.3, 0.4) is 0 Å². The SMILES string of the molecule is O=C(NCc1ccc(Oc2ccccc2)cc1)c1sc2cc(F)ccc2c1Cl. The Hall–Kier alpha value is -2.89. The molecule has 0 saturated heterocycles. The average Bonchev–Trinajstić information content (AvgIpc) is 3.04. The number of carbonyl (C=O) groups is 1. The van der Waals surface area contributed by atoms with Crippen molar-refractivity contribution >= 4 is 38.9 Å². The van der Waals surface area contributed by atoms with Gasteiger partial charge in [0.05, 0.1) is 5.02 Å². The Morgan fingerprint density at radius 1 is 1.00 bits per heavy atom. The Balaban J connectivity index is 1.41. The van der Waals surface area contributed by atoms with Gasteiger partial charge in [0.25, 0.3) is 5.91 Å². The van der Waals surface area contributed by atoms with Crippen molar-refractivity contribution in [1.82, 2.24) is 5.32 Å². The molecule has 28 heavy (non-hydrogen) atoms. The zero-order valence-corrected chi connectivity index (χ0v) is 16.2. The molecule has 0 radical (unpaired) electrons. The second kappa shape index (κ2) is 8.00. The number of rotatable bonds is 5. The summed E-state index contributed by atoms with van der Waals surface area (Å²) in [5.74, 6) is 0.849. The van der Waals surface area contributed by atoms with E-state index in [0.717, 1.165) is 17.1 Å². The van der Waals surface area contributed by atoms with Crippen LogP contribution < -0.4 is 10.1 Å². The Bertz CT molecular complexity index is 1130. The highest BCUT2D eigenvalue weighted by molar-refractivity contribution is 7.21. The van der Waals surface area contributed by atoms with Crippen molar-refractivity contribution in [1.29, 1.82) is 0 Å². The summed E-state index contributed by atoms with van der Waals surface area (Å²) in [6, 6.07) is 21.3. The fourth-order valence-corrected chi connectivity index (χ4v) is 4.21. The van der Waals surface area contributed by atoms with Crippen LogP contribution in [-0.2, 0) is 6.54 Å². The molecule has 1 heterocycles. The molecule has 0 atom stereocenters. The van der Waals surface area contributed by atoms with E-state index in [4.69, 9.17) is 16.3 Å². The first-order valence-electron chi connectivity index (χ1n) is 8.58. The van der Waals surface area contributed by atoms with Gasteiger partial charge in [0.2, 0.25) is 0 Å². The van der Waals surface area contributed by atoms with Gasteiger partial charge < -0.3 is 10.1 Å². The number of thiophene rings is 1. The van der Waals surface area contributed by atoms with Gasteiger partial charge in [-0.25, -0.2) is 4.39 Å². The van der Waals surface area contributed by atoms with Gasteiger partial charge in [-0.3, -0.25) is 4.79 Å². The normalized spacial score (nSPS) is 10.8.